The first-order valence-corrected chi connectivity index (χ1v) is 7.23. The van der Waals surface area contributed by atoms with Crippen LogP contribution in [0.5, 0.6) is 0 Å². The van der Waals surface area contributed by atoms with E-state index in [0.717, 1.165) is 4.47 Å². The van der Waals surface area contributed by atoms with E-state index in [4.69, 9.17) is 5.73 Å². The molecule has 1 aromatic rings. The van der Waals surface area contributed by atoms with Crippen LogP contribution in [0.4, 0.5) is 5.69 Å². The second-order valence-corrected chi connectivity index (χ2v) is 5.95. The Morgan fingerprint density at radius 3 is 2.72 bits per heavy atom. The Morgan fingerprint density at radius 2 is 2.11 bits per heavy atom. The molecule has 2 rings (SSSR count). The summed E-state index contributed by atoms with van der Waals surface area (Å²) < 4.78 is 0.889. The summed E-state index contributed by atoms with van der Waals surface area (Å²) in [5.74, 6) is 0.546. The molecule has 1 fully saturated rings. The van der Waals surface area contributed by atoms with Crippen molar-refractivity contribution in [1.29, 1.82) is 0 Å². The number of carbonyl (C=O) groups excluding carboxylic acids is 1. The maximum Gasteiger partial charge on any atom is 0.253 e. The zero-order chi connectivity index (χ0) is 13.1. The van der Waals surface area contributed by atoms with Gasteiger partial charge in [0, 0.05) is 16.2 Å². The van der Waals surface area contributed by atoms with Crippen LogP contribution in [0.15, 0.2) is 22.7 Å². The molecular weight excluding hydrogens is 292 g/mol. The van der Waals surface area contributed by atoms with E-state index in [0.29, 0.717) is 17.2 Å². The molecule has 3 N–H and O–H groups in total. The lowest BCUT2D eigenvalue weighted by Crippen LogP contribution is -2.37. The number of nitrogens with one attached hydrogen (secondary N) is 1. The number of nitrogens with two attached hydrogens (primary N) is 1. The van der Waals surface area contributed by atoms with Crippen LogP contribution in [0.1, 0.15) is 43.0 Å². The molecule has 1 saturated carbocycles. The van der Waals surface area contributed by atoms with Crippen molar-refractivity contribution >= 4 is 27.5 Å². The molecule has 18 heavy (non-hydrogen) atoms. The molecule has 0 bridgehead atoms. The van der Waals surface area contributed by atoms with Crippen LogP contribution in [0.3, 0.4) is 0 Å². The Hall–Kier alpha value is -1.03. The Kier molecular flexibility index (Phi) is 4.27. The highest BCUT2D eigenvalue weighted by Crippen LogP contribution is 2.28. The highest BCUT2D eigenvalue weighted by molar-refractivity contribution is 9.10. The molecule has 0 aliphatic heterocycles. The molecule has 1 aliphatic rings. The van der Waals surface area contributed by atoms with Crippen molar-refractivity contribution in [2.45, 2.75) is 38.6 Å². The van der Waals surface area contributed by atoms with Crippen LogP contribution in [-0.4, -0.2) is 11.9 Å². The minimum absolute atomic E-state index is 0.0700. The largest absolute Gasteiger partial charge is 0.398 e. The second-order valence-electron chi connectivity index (χ2n) is 5.04. The van der Waals surface area contributed by atoms with E-state index in [-0.39, 0.29) is 11.9 Å². The normalized spacial score (nSPS) is 17.7. The van der Waals surface area contributed by atoms with E-state index in [1.807, 2.05) is 6.07 Å². The minimum Gasteiger partial charge on any atom is -0.398 e. The molecule has 4 heteroatoms. The van der Waals surface area contributed by atoms with Crippen molar-refractivity contribution in [2.75, 3.05) is 5.73 Å². The van der Waals surface area contributed by atoms with Crippen molar-refractivity contribution in [3.63, 3.8) is 0 Å². The molecule has 98 valence electrons. The lowest BCUT2D eigenvalue weighted by molar-refractivity contribution is 0.0928. The Balaban J connectivity index is 2.02. The number of rotatable bonds is 3. The number of hydrogen-bond donors (Lipinski definition) is 2. The number of anilines is 1. The molecule has 1 amide bonds. The number of nitrogen functional groups attached to an aromatic ring is 1. The molecule has 3 nitrogen and oxygen atoms in total. The zero-order valence-electron chi connectivity index (χ0n) is 10.6. The fourth-order valence-corrected chi connectivity index (χ4v) is 2.98. The van der Waals surface area contributed by atoms with Gasteiger partial charge in [0.25, 0.3) is 5.91 Å². The first kappa shape index (κ1) is 13.4. The number of benzene rings is 1. The second kappa shape index (κ2) is 5.74. The van der Waals surface area contributed by atoms with Crippen molar-refractivity contribution in [3.05, 3.63) is 28.2 Å². The van der Waals surface area contributed by atoms with E-state index < -0.39 is 0 Å². The maximum absolute atomic E-state index is 12.1. The van der Waals surface area contributed by atoms with Crippen LogP contribution < -0.4 is 11.1 Å². The molecule has 0 radical (unpaired) electrons. The van der Waals surface area contributed by atoms with Gasteiger partial charge in [0.05, 0.1) is 5.56 Å². The third-order valence-electron chi connectivity index (χ3n) is 3.72. The minimum atomic E-state index is -0.0700. The van der Waals surface area contributed by atoms with Crippen LogP contribution in [-0.2, 0) is 0 Å². The smallest absolute Gasteiger partial charge is 0.253 e. The number of hydrogen-bond acceptors (Lipinski definition) is 2. The lowest BCUT2D eigenvalue weighted by Gasteiger charge is -2.20. The van der Waals surface area contributed by atoms with Crippen molar-refractivity contribution in [3.8, 4) is 0 Å². The highest BCUT2D eigenvalue weighted by Gasteiger charge is 2.23. The summed E-state index contributed by atoms with van der Waals surface area (Å²) >= 11 is 3.34. The molecule has 0 spiro atoms. The van der Waals surface area contributed by atoms with E-state index in [9.17, 15) is 4.79 Å². The van der Waals surface area contributed by atoms with Crippen molar-refractivity contribution < 1.29 is 4.79 Å². The number of halogens is 1. The zero-order valence-corrected chi connectivity index (χ0v) is 12.2. The average Bonchev–Trinajstić information content (AvgIpc) is 2.81. The van der Waals surface area contributed by atoms with E-state index in [1.165, 1.54) is 25.7 Å². The molecular formula is C14H19BrN2O. The van der Waals surface area contributed by atoms with Gasteiger partial charge in [-0.1, -0.05) is 28.8 Å². The van der Waals surface area contributed by atoms with E-state index in [1.54, 1.807) is 12.1 Å². The highest BCUT2D eigenvalue weighted by atomic mass is 79.9. The topological polar surface area (TPSA) is 55.1 Å². The van der Waals surface area contributed by atoms with Gasteiger partial charge in [0.1, 0.15) is 0 Å². The van der Waals surface area contributed by atoms with E-state index >= 15 is 0 Å². The molecule has 0 saturated heterocycles. The van der Waals surface area contributed by atoms with Gasteiger partial charge < -0.3 is 11.1 Å². The third kappa shape index (κ3) is 3.05. The van der Waals surface area contributed by atoms with Crippen LogP contribution in [0.2, 0.25) is 0 Å². The fourth-order valence-electron chi connectivity index (χ4n) is 2.60. The van der Waals surface area contributed by atoms with Gasteiger partial charge in [0.2, 0.25) is 0 Å². The summed E-state index contributed by atoms with van der Waals surface area (Å²) in [5.41, 5.74) is 6.93. The summed E-state index contributed by atoms with van der Waals surface area (Å²) in [6.45, 7) is 2.09. The van der Waals surface area contributed by atoms with Crippen LogP contribution in [0.25, 0.3) is 0 Å². The SMILES string of the molecule is CC(NC(=O)c1ccc(Br)cc1N)C1CCCC1. The molecule has 1 unspecified atom stereocenters. The monoisotopic (exact) mass is 310 g/mol. The van der Waals surface area contributed by atoms with Gasteiger partial charge in [0.15, 0.2) is 0 Å². The average molecular weight is 311 g/mol. The standard InChI is InChI=1S/C14H19BrN2O/c1-9(10-4-2-3-5-10)17-14(18)12-7-6-11(15)8-13(12)16/h6-10H,2-5,16H2,1H3,(H,17,18). The molecule has 1 aromatic carbocycles. The van der Waals surface area contributed by atoms with Crippen molar-refractivity contribution in [2.24, 2.45) is 5.92 Å². The predicted molar refractivity (Wildman–Crippen MR) is 77.4 cm³/mol. The molecule has 0 heterocycles. The molecule has 1 atom stereocenters. The van der Waals surface area contributed by atoms with Gasteiger partial charge in [-0.05, 0) is 43.9 Å². The lowest BCUT2D eigenvalue weighted by atomic mass is 9.99. The molecule has 1 aliphatic carbocycles. The van der Waals surface area contributed by atoms with Crippen LogP contribution >= 0.6 is 15.9 Å². The van der Waals surface area contributed by atoms with Crippen molar-refractivity contribution in [1.82, 2.24) is 5.32 Å². The first-order chi connectivity index (χ1) is 8.58. The Labute approximate surface area is 116 Å². The van der Waals surface area contributed by atoms with Gasteiger partial charge in [-0.3, -0.25) is 4.79 Å². The summed E-state index contributed by atoms with van der Waals surface area (Å²) in [6.07, 6.45) is 5.01. The first-order valence-electron chi connectivity index (χ1n) is 6.44. The van der Waals surface area contributed by atoms with Gasteiger partial charge in [-0.2, -0.15) is 0 Å². The van der Waals surface area contributed by atoms with Crippen LogP contribution in [0, 0.1) is 5.92 Å². The summed E-state index contributed by atoms with van der Waals surface area (Å²) in [4.78, 5) is 12.1. The van der Waals surface area contributed by atoms with Gasteiger partial charge >= 0.3 is 0 Å². The fraction of sp³-hybridized carbons (Fsp3) is 0.500. The summed E-state index contributed by atoms with van der Waals surface area (Å²) in [7, 11) is 0. The van der Waals surface area contributed by atoms with Gasteiger partial charge in [-0.15, -0.1) is 0 Å². The summed E-state index contributed by atoms with van der Waals surface area (Å²) in [5, 5.41) is 3.06. The summed E-state index contributed by atoms with van der Waals surface area (Å²) in [6, 6.07) is 5.58. The predicted octanol–water partition coefficient (Wildman–Crippen LogP) is 3.34. The Bertz CT molecular complexity index is 441. The Morgan fingerprint density at radius 1 is 1.44 bits per heavy atom. The quantitative estimate of drug-likeness (QED) is 0.841. The third-order valence-corrected chi connectivity index (χ3v) is 4.22. The molecule has 0 aromatic heterocycles. The van der Waals surface area contributed by atoms with E-state index in [2.05, 4.69) is 28.2 Å². The maximum atomic E-state index is 12.1. The van der Waals surface area contributed by atoms with Gasteiger partial charge in [-0.25, -0.2) is 0 Å². The number of carbonyl (C=O) groups is 1. The number of amides is 1.